The average molecular weight is 282 g/mol. The Bertz CT molecular complexity index is 390. The van der Waals surface area contributed by atoms with Gasteiger partial charge in [0.2, 0.25) is 0 Å². The van der Waals surface area contributed by atoms with Crippen LogP contribution in [0.25, 0.3) is 0 Å². The third kappa shape index (κ3) is 4.20. The molecule has 106 valence electrons. The Balaban J connectivity index is 1.97. The summed E-state index contributed by atoms with van der Waals surface area (Å²) in [5, 5.41) is 0.0621. The Labute approximate surface area is 121 Å². The summed E-state index contributed by atoms with van der Waals surface area (Å²) in [4.78, 5) is 2.37. The van der Waals surface area contributed by atoms with Gasteiger partial charge in [0.25, 0.3) is 0 Å². The van der Waals surface area contributed by atoms with E-state index in [4.69, 9.17) is 16.3 Å². The predicted molar refractivity (Wildman–Crippen MR) is 81.0 cm³/mol. The highest BCUT2D eigenvalue weighted by atomic mass is 35.5. The van der Waals surface area contributed by atoms with Crippen molar-refractivity contribution in [2.24, 2.45) is 0 Å². The molecule has 1 aromatic rings. The van der Waals surface area contributed by atoms with Crippen molar-refractivity contribution in [1.82, 2.24) is 4.90 Å². The number of nitrogens with zero attached hydrogens (tertiary/aromatic N) is 1. The summed E-state index contributed by atoms with van der Waals surface area (Å²) in [6, 6.07) is 8.73. The summed E-state index contributed by atoms with van der Waals surface area (Å²) >= 11 is 6.52. The van der Waals surface area contributed by atoms with Gasteiger partial charge in [-0.3, -0.25) is 4.90 Å². The van der Waals surface area contributed by atoms with Gasteiger partial charge in [-0.1, -0.05) is 45.0 Å². The van der Waals surface area contributed by atoms with Crippen LogP contribution in [0.1, 0.15) is 37.3 Å². The fourth-order valence-electron chi connectivity index (χ4n) is 2.31. The molecule has 1 saturated heterocycles. The molecule has 2 rings (SSSR count). The third-order valence-corrected chi connectivity index (χ3v) is 4.05. The first kappa shape index (κ1) is 14.8. The molecule has 1 unspecified atom stereocenters. The van der Waals surface area contributed by atoms with E-state index in [1.807, 2.05) is 0 Å². The van der Waals surface area contributed by atoms with Gasteiger partial charge in [-0.2, -0.15) is 0 Å². The Morgan fingerprint density at radius 3 is 2.26 bits per heavy atom. The van der Waals surface area contributed by atoms with E-state index in [0.717, 1.165) is 32.8 Å². The minimum atomic E-state index is 0.0621. The lowest BCUT2D eigenvalue weighted by Crippen LogP contribution is -2.38. The predicted octanol–water partition coefficient (Wildman–Crippen LogP) is 3.60. The smallest absolute Gasteiger partial charge is 0.0712 e. The first-order valence-electron chi connectivity index (χ1n) is 7.01. The second kappa shape index (κ2) is 6.25. The van der Waals surface area contributed by atoms with Crippen LogP contribution in [0.4, 0.5) is 0 Å². The first-order valence-corrected chi connectivity index (χ1v) is 7.45. The van der Waals surface area contributed by atoms with Crippen LogP contribution in [0.2, 0.25) is 0 Å². The molecule has 0 aliphatic carbocycles. The van der Waals surface area contributed by atoms with Crippen LogP contribution < -0.4 is 0 Å². The Hall–Kier alpha value is -0.570. The van der Waals surface area contributed by atoms with Gasteiger partial charge in [-0.05, 0) is 16.5 Å². The molecule has 19 heavy (non-hydrogen) atoms. The van der Waals surface area contributed by atoms with Crippen LogP contribution in [0, 0.1) is 0 Å². The van der Waals surface area contributed by atoms with Crippen molar-refractivity contribution in [2.75, 3.05) is 32.8 Å². The fraction of sp³-hybridized carbons (Fsp3) is 0.625. The Morgan fingerprint density at radius 2 is 1.74 bits per heavy atom. The highest BCUT2D eigenvalue weighted by Gasteiger charge is 2.18. The topological polar surface area (TPSA) is 12.5 Å². The molecule has 0 bridgehead atoms. The number of ether oxygens (including phenoxy) is 1. The van der Waals surface area contributed by atoms with Gasteiger partial charge < -0.3 is 4.74 Å². The molecular weight excluding hydrogens is 258 g/mol. The maximum atomic E-state index is 6.52. The summed E-state index contributed by atoms with van der Waals surface area (Å²) in [6.07, 6.45) is 0. The van der Waals surface area contributed by atoms with Crippen LogP contribution in [-0.2, 0) is 10.2 Å². The lowest BCUT2D eigenvalue weighted by molar-refractivity contribution is 0.0378. The van der Waals surface area contributed by atoms with E-state index in [1.165, 1.54) is 11.1 Å². The van der Waals surface area contributed by atoms with Gasteiger partial charge in [0, 0.05) is 19.6 Å². The number of hydrogen-bond donors (Lipinski definition) is 0. The summed E-state index contributed by atoms with van der Waals surface area (Å²) in [6.45, 7) is 11.2. The number of morpholine rings is 1. The minimum absolute atomic E-state index is 0.0621. The molecule has 0 N–H and O–H groups in total. The van der Waals surface area contributed by atoms with Gasteiger partial charge in [0.15, 0.2) is 0 Å². The number of alkyl halides is 1. The van der Waals surface area contributed by atoms with Crippen LogP contribution >= 0.6 is 11.6 Å². The first-order chi connectivity index (χ1) is 8.97. The summed E-state index contributed by atoms with van der Waals surface area (Å²) in [5.74, 6) is 0. The molecule has 1 aliphatic heterocycles. The van der Waals surface area contributed by atoms with Crippen molar-refractivity contribution in [2.45, 2.75) is 31.6 Å². The van der Waals surface area contributed by atoms with Crippen molar-refractivity contribution >= 4 is 11.6 Å². The summed E-state index contributed by atoms with van der Waals surface area (Å²) in [7, 11) is 0. The number of benzene rings is 1. The molecule has 1 aliphatic rings. The lowest BCUT2D eigenvalue weighted by Gasteiger charge is -2.28. The second-order valence-corrected chi connectivity index (χ2v) is 6.78. The molecule has 0 radical (unpaired) electrons. The van der Waals surface area contributed by atoms with Crippen molar-refractivity contribution < 1.29 is 4.74 Å². The van der Waals surface area contributed by atoms with Gasteiger partial charge in [-0.25, -0.2) is 0 Å². The highest BCUT2D eigenvalue weighted by Crippen LogP contribution is 2.26. The monoisotopic (exact) mass is 281 g/mol. The van der Waals surface area contributed by atoms with E-state index < -0.39 is 0 Å². The van der Waals surface area contributed by atoms with Crippen LogP contribution in [0.5, 0.6) is 0 Å². The molecule has 0 saturated carbocycles. The highest BCUT2D eigenvalue weighted by molar-refractivity contribution is 6.21. The minimum Gasteiger partial charge on any atom is -0.379 e. The maximum absolute atomic E-state index is 6.52. The number of halogens is 1. The summed E-state index contributed by atoms with van der Waals surface area (Å²) in [5.41, 5.74) is 2.76. The van der Waals surface area contributed by atoms with Crippen molar-refractivity contribution in [3.63, 3.8) is 0 Å². The molecule has 3 heteroatoms. The van der Waals surface area contributed by atoms with Crippen LogP contribution in [0.15, 0.2) is 24.3 Å². The second-order valence-electron chi connectivity index (χ2n) is 6.25. The molecule has 0 amide bonds. The standard InChI is InChI=1S/C16H24ClNO/c1-16(2,3)14-6-4-13(5-7-14)15(17)12-18-8-10-19-11-9-18/h4-7,15H,8-12H2,1-3H3. The molecule has 2 nitrogen and oxygen atoms in total. The molecule has 1 aromatic carbocycles. The van der Waals surface area contributed by atoms with Gasteiger partial charge >= 0.3 is 0 Å². The Kier molecular flexibility index (Phi) is 4.88. The molecule has 0 spiro atoms. The normalized spacial score (nSPS) is 19.4. The van der Waals surface area contributed by atoms with E-state index in [1.54, 1.807) is 0 Å². The zero-order valence-corrected chi connectivity index (χ0v) is 12.9. The number of hydrogen-bond acceptors (Lipinski definition) is 2. The van der Waals surface area contributed by atoms with E-state index in [2.05, 4.69) is 49.9 Å². The zero-order chi connectivity index (χ0) is 13.9. The van der Waals surface area contributed by atoms with Gasteiger partial charge in [0.1, 0.15) is 0 Å². The Morgan fingerprint density at radius 1 is 1.16 bits per heavy atom. The largest absolute Gasteiger partial charge is 0.379 e. The third-order valence-electron chi connectivity index (χ3n) is 3.66. The average Bonchev–Trinajstić information content (AvgIpc) is 2.39. The van der Waals surface area contributed by atoms with Crippen LogP contribution in [-0.4, -0.2) is 37.7 Å². The molecular formula is C16H24ClNO. The van der Waals surface area contributed by atoms with Crippen LogP contribution in [0.3, 0.4) is 0 Å². The van der Waals surface area contributed by atoms with Gasteiger partial charge in [-0.15, -0.1) is 11.6 Å². The van der Waals surface area contributed by atoms with Crippen molar-refractivity contribution in [1.29, 1.82) is 0 Å². The van der Waals surface area contributed by atoms with Crippen molar-refractivity contribution in [3.05, 3.63) is 35.4 Å². The quantitative estimate of drug-likeness (QED) is 0.785. The molecule has 1 heterocycles. The summed E-state index contributed by atoms with van der Waals surface area (Å²) < 4.78 is 5.36. The van der Waals surface area contributed by atoms with E-state index in [-0.39, 0.29) is 10.8 Å². The maximum Gasteiger partial charge on any atom is 0.0712 e. The zero-order valence-electron chi connectivity index (χ0n) is 12.2. The molecule has 1 fully saturated rings. The fourth-order valence-corrected chi connectivity index (χ4v) is 2.65. The molecule has 0 aromatic heterocycles. The number of rotatable bonds is 3. The van der Waals surface area contributed by atoms with E-state index in [0.29, 0.717) is 0 Å². The SMILES string of the molecule is CC(C)(C)c1ccc(C(Cl)CN2CCOCC2)cc1. The van der Waals surface area contributed by atoms with E-state index in [9.17, 15) is 0 Å². The van der Waals surface area contributed by atoms with E-state index >= 15 is 0 Å². The van der Waals surface area contributed by atoms with Gasteiger partial charge in [0.05, 0.1) is 18.6 Å². The lowest BCUT2D eigenvalue weighted by atomic mass is 9.86. The molecule has 1 atom stereocenters. The van der Waals surface area contributed by atoms with Crippen molar-refractivity contribution in [3.8, 4) is 0 Å².